The lowest BCUT2D eigenvalue weighted by molar-refractivity contribution is -0.133. The number of rotatable bonds is 5. The molecular formula is C20H27N5O2. The molecule has 0 unspecified atom stereocenters. The van der Waals surface area contributed by atoms with Crippen LogP contribution in [0.25, 0.3) is 0 Å². The Kier molecular flexibility index (Phi) is 5.79. The van der Waals surface area contributed by atoms with Crippen LogP contribution in [0.2, 0.25) is 0 Å². The number of aromatic nitrogens is 3. The number of nitrogens with zero attached hydrogens (tertiary/aromatic N) is 5. The highest BCUT2D eigenvalue weighted by molar-refractivity contribution is 5.78. The molecule has 0 radical (unpaired) electrons. The fraction of sp³-hybridized carbons (Fsp3) is 0.550. The normalized spacial score (nSPS) is 18.1. The zero-order valence-electron chi connectivity index (χ0n) is 15.7. The molecule has 1 amide bonds. The quantitative estimate of drug-likeness (QED) is 0.779. The van der Waals surface area contributed by atoms with Gasteiger partial charge in [0.15, 0.2) is 5.82 Å². The smallest absolute Gasteiger partial charge is 0.236 e. The first-order chi connectivity index (χ1) is 13.3. The van der Waals surface area contributed by atoms with Crippen molar-refractivity contribution in [3.63, 3.8) is 0 Å². The maximum atomic E-state index is 12.6. The molecule has 1 fully saturated rings. The van der Waals surface area contributed by atoms with E-state index in [9.17, 15) is 4.79 Å². The average Bonchev–Trinajstić information content (AvgIpc) is 2.99. The minimum Gasteiger partial charge on any atom is -0.379 e. The Morgan fingerprint density at radius 1 is 1.00 bits per heavy atom. The summed E-state index contributed by atoms with van der Waals surface area (Å²) >= 11 is 0. The number of fused-ring (bicyclic) bond motifs is 1. The van der Waals surface area contributed by atoms with E-state index in [4.69, 9.17) is 9.72 Å². The van der Waals surface area contributed by atoms with E-state index in [1.165, 1.54) is 5.56 Å². The summed E-state index contributed by atoms with van der Waals surface area (Å²) < 4.78 is 7.34. The number of carbonyl (C=O) groups excluding carboxylic acids is 1. The van der Waals surface area contributed by atoms with Crippen LogP contribution in [-0.2, 0) is 35.3 Å². The lowest BCUT2D eigenvalue weighted by Gasteiger charge is -2.28. The van der Waals surface area contributed by atoms with E-state index in [2.05, 4.69) is 34.3 Å². The molecule has 4 rings (SSSR count). The molecule has 1 saturated heterocycles. The monoisotopic (exact) mass is 369 g/mol. The molecule has 27 heavy (non-hydrogen) atoms. The minimum atomic E-state index is 0.201. The van der Waals surface area contributed by atoms with Crippen LogP contribution in [0, 0.1) is 0 Å². The van der Waals surface area contributed by atoms with Gasteiger partial charge in [-0.2, -0.15) is 5.10 Å². The highest BCUT2D eigenvalue weighted by atomic mass is 16.5. The Bertz CT molecular complexity index is 729. The van der Waals surface area contributed by atoms with Crippen molar-refractivity contribution in [3.8, 4) is 0 Å². The summed E-state index contributed by atoms with van der Waals surface area (Å²) in [5.41, 5.74) is 1.31. The molecule has 0 N–H and O–H groups in total. The molecule has 2 aliphatic heterocycles. The molecule has 7 nitrogen and oxygen atoms in total. The van der Waals surface area contributed by atoms with E-state index in [1.807, 2.05) is 15.6 Å². The van der Waals surface area contributed by atoms with Gasteiger partial charge in [0.05, 0.1) is 26.3 Å². The Morgan fingerprint density at radius 2 is 1.81 bits per heavy atom. The summed E-state index contributed by atoms with van der Waals surface area (Å²) in [6, 6.07) is 10.4. The van der Waals surface area contributed by atoms with Crippen LogP contribution in [0.4, 0.5) is 0 Å². The molecule has 2 aromatic rings. The summed E-state index contributed by atoms with van der Waals surface area (Å²) in [6.45, 7) is 5.76. The number of benzene rings is 1. The van der Waals surface area contributed by atoms with Crippen molar-refractivity contribution in [2.45, 2.75) is 25.8 Å². The van der Waals surface area contributed by atoms with Gasteiger partial charge in [0.1, 0.15) is 5.82 Å². The van der Waals surface area contributed by atoms with Crippen molar-refractivity contribution in [2.24, 2.45) is 0 Å². The number of morpholine rings is 1. The van der Waals surface area contributed by atoms with Gasteiger partial charge in [-0.05, 0) is 12.0 Å². The van der Waals surface area contributed by atoms with Crippen LogP contribution in [0.5, 0.6) is 0 Å². The van der Waals surface area contributed by atoms with Gasteiger partial charge in [0.2, 0.25) is 5.91 Å². The van der Waals surface area contributed by atoms with E-state index < -0.39 is 0 Å². The van der Waals surface area contributed by atoms with Gasteiger partial charge < -0.3 is 9.64 Å². The van der Waals surface area contributed by atoms with Crippen molar-refractivity contribution >= 4 is 5.91 Å². The first kappa shape index (κ1) is 18.1. The number of hydrogen-bond acceptors (Lipinski definition) is 5. The molecule has 144 valence electrons. The van der Waals surface area contributed by atoms with Crippen LogP contribution in [0.15, 0.2) is 30.3 Å². The summed E-state index contributed by atoms with van der Waals surface area (Å²) in [7, 11) is 0. The standard InChI is InChI=1S/C20H27N5O2/c26-20(16-23-12-14-27-15-13-23)24-9-8-19-21-18(22-25(19)11-10-24)7-6-17-4-2-1-3-5-17/h1-5H,6-16H2. The van der Waals surface area contributed by atoms with Crippen LogP contribution < -0.4 is 0 Å². The molecule has 0 bridgehead atoms. The molecule has 0 saturated carbocycles. The van der Waals surface area contributed by atoms with Crippen molar-refractivity contribution in [3.05, 3.63) is 47.5 Å². The minimum absolute atomic E-state index is 0.201. The Hall–Kier alpha value is -2.25. The molecule has 1 aromatic carbocycles. The SMILES string of the molecule is O=C(CN1CCOCC1)N1CCc2nc(CCc3ccccc3)nn2CC1. The topological polar surface area (TPSA) is 63.5 Å². The number of carbonyl (C=O) groups is 1. The molecule has 3 heterocycles. The second-order valence-corrected chi connectivity index (χ2v) is 7.17. The van der Waals surface area contributed by atoms with Crippen molar-refractivity contribution in [1.29, 1.82) is 0 Å². The second-order valence-electron chi connectivity index (χ2n) is 7.17. The van der Waals surface area contributed by atoms with Gasteiger partial charge in [-0.1, -0.05) is 30.3 Å². The van der Waals surface area contributed by atoms with Crippen LogP contribution in [0.1, 0.15) is 17.2 Å². The van der Waals surface area contributed by atoms with E-state index >= 15 is 0 Å². The third kappa shape index (κ3) is 4.73. The van der Waals surface area contributed by atoms with E-state index in [1.54, 1.807) is 0 Å². The molecule has 0 aliphatic carbocycles. The number of ether oxygens (including phenoxy) is 1. The number of amides is 1. The first-order valence-electron chi connectivity index (χ1n) is 9.82. The summed E-state index contributed by atoms with van der Waals surface area (Å²) in [6.07, 6.45) is 2.57. The Morgan fingerprint density at radius 3 is 2.63 bits per heavy atom. The molecular weight excluding hydrogens is 342 g/mol. The maximum Gasteiger partial charge on any atom is 0.236 e. The lowest BCUT2D eigenvalue weighted by Crippen LogP contribution is -2.45. The molecule has 1 aromatic heterocycles. The van der Waals surface area contributed by atoms with Gasteiger partial charge in [-0.3, -0.25) is 9.69 Å². The van der Waals surface area contributed by atoms with Gasteiger partial charge in [-0.25, -0.2) is 9.67 Å². The van der Waals surface area contributed by atoms with Crippen molar-refractivity contribution < 1.29 is 9.53 Å². The van der Waals surface area contributed by atoms with Gasteiger partial charge in [0.25, 0.3) is 0 Å². The third-order valence-corrected chi connectivity index (χ3v) is 5.27. The van der Waals surface area contributed by atoms with Crippen LogP contribution >= 0.6 is 0 Å². The first-order valence-corrected chi connectivity index (χ1v) is 9.82. The molecule has 2 aliphatic rings. The van der Waals surface area contributed by atoms with Crippen LogP contribution in [-0.4, -0.2) is 76.4 Å². The zero-order chi connectivity index (χ0) is 18.5. The fourth-order valence-corrected chi connectivity index (χ4v) is 3.66. The average molecular weight is 369 g/mol. The molecule has 7 heteroatoms. The van der Waals surface area contributed by atoms with Gasteiger partial charge in [0, 0.05) is 39.0 Å². The fourth-order valence-electron chi connectivity index (χ4n) is 3.66. The predicted octanol–water partition coefficient (Wildman–Crippen LogP) is 0.780. The van der Waals surface area contributed by atoms with Gasteiger partial charge >= 0.3 is 0 Å². The molecule has 0 spiro atoms. The largest absolute Gasteiger partial charge is 0.379 e. The second kappa shape index (κ2) is 8.63. The van der Waals surface area contributed by atoms with Crippen LogP contribution in [0.3, 0.4) is 0 Å². The number of hydrogen-bond donors (Lipinski definition) is 0. The van der Waals surface area contributed by atoms with Gasteiger partial charge in [-0.15, -0.1) is 0 Å². The highest BCUT2D eigenvalue weighted by Crippen LogP contribution is 2.10. The summed E-state index contributed by atoms with van der Waals surface area (Å²) in [5, 5.41) is 4.68. The van der Waals surface area contributed by atoms with E-state index in [0.717, 1.165) is 70.3 Å². The van der Waals surface area contributed by atoms with Crippen molar-refractivity contribution in [1.82, 2.24) is 24.6 Å². The Labute approximate surface area is 159 Å². The van der Waals surface area contributed by atoms with E-state index in [-0.39, 0.29) is 5.91 Å². The van der Waals surface area contributed by atoms with E-state index in [0.29, 0.717) is 13.1 Å². The zero-order valence-corrected chi connectivity index (χ0v) is 15.7. The summed E-state index contributed by atoms with van der Waals surface area (Å²) in [5.74, 6) is 2.11. The highest BCUT2D eigenvalue weighted by Gasteiger charge is 2.23. The predicted molar refractivity (Wildman–Crippen MR) is 101 cm³/mol. The summed E-state index contributed by atoms with van der Waals surface area (Å²) in [4.78, 5) is 21.5. The third-order valence-electron chi connectivity index (χ3n) is 5.27. The molecule has 0 atom stereocenters. The lowest BCUT2D eigenvalue weighted by atomic mass is 10.1. The maximum absolute atomic E-state index is 12.6. The van der Waals surface area contributed by atoms with Crippen molar-refractivity contribution in [2.75, 3.05) is 45.9 Å². The number of aryl methyl sites for hydroxylation is 2. The Balaban J connectivity index is 1.30.